The number of hydrogen-bond donors (Lipinski definition) is 2. The number of aromatic nitrogens is 2. The second-order valence-electron chi connectivity index (χ2n) is 6.67. The van der Waals surface area contributed by atoms with Crippen molar-refractivity contribution in [2.24, 2.45) is 5.10 Å². The summed E-state index contributed by atoms with van der Waals surface area (Å²) in [6, 6.07) is 28.4. The second-order valence-corrected chi connectivity index (χ2v) is 7.08. The maximum absolute atomic E-state index is 5.39. The highest BCUT2D eigenvalue weighted by atomic mass is 32.1. The smallest absolute Gasteiger partial charge is 0.191 e. The Balaban J connectivity index is 1.53. The minimum Gasteiger partial charge on any atom is -0.331 e. The lowest BCUT2D eigenvalue weighted by Gasteiger charge is -2.11. The Morgan fingerprint density at radius 2 is 1.53 bits per heavy atom. The third kappa shape index (κ3) is 5.18. The molecule has 0 radical (unpaired) electrons. The number of thiocarbonyl (C=S) groups is 1. The summed E-state index contributed by atoms with van der Waals surface area (Å²) in [7, 11) is 0. The highest BCUT2D eigenvalue weighted by molar-refractivity contribution is 7.80. The van der Waals surface area contributed by atoms with Crippen molar-refractivity contribution in [2.45, 2.75) is 6.54 Å². The van der Waals surface area contributed by atoms with Gasteiger partial charge >= 0.3 is 0 Å². The van der Waals surface area contributed by atoms with E-state index in [-0.39, 0.29) is 0 Å². The SMILES string of the molecule is S=C(N/N=C(/Cn1ccnc1)c1ccc(-c2ccccc2)cc1)Nc1ccccc1. The third-order valence-corrected chi connectivity index (χ3v) is 4.73. The molecular formula is C24H21N5S. The first kappa shape index (κ1) is 19.5. The molecule has 148 valence electrons. The van der Waals surface area contributed by atoms with Crippen molar-refractivity contribution in [3.8, 4) is 11.1 Å². The molecule has 1 heterocycles. The Morgan fingerprint density at radius 1 is 0.867 bits per heavy atom. The summed E-state index contributed by atoms with van der Waals surface area (Å²) in [6.07, 6.45) is 5.44. The molecule has 1 aromatic heterocycles. The predicted molar refractivity (Wildman–Crippen MR) is 126 cm³/mol. The Hall–Kier alpha value is -3.77. The highest BCUT2D eigenvalue weighted by Crippen LogP contribution is 2.19. The lowest BCUT2D eigenvalue weighted by Crippen LogP contribution is -2.26. The van der Waals surface area contributed by atoms with Crippen molar-refractivity contribution in [2.75, 3.05) is 5.32 Å². The van der Waals surface area contributed by atoms with Gasteiger partial charge in [0.25, 0.3) is 0 Å². The lowest BCUT2D eigenvalue weighted by atomic mass is 10.0. The Morgan fingerprint density at radius 3 is 2.20 bits per heavy atom. The fourth-order valence-corrected chi connectivity index (χ4v) is 3.19. The molecule has 3 aromatic carbocycles. The van der Waals surface area contributed by atoms with Crippen LogP contribution in [0.25, 0.3) is 11.1 Å². The number of nitrogens with zero attached hydrogens (tertiary/aromatic N) is 3. The Kier molecular flexibility index (Phi) is 6.27. The second kappa shape index (κ2) is 9.62. The van der Waals surface area contributed by atoms with E-state index in [0.717, 1.165) is 22.5 Å². The molecule has 6 heteroatoms. The van der Waals surface area contributed by atoms with Gasteiger partial charge in [-0.05, 0) is 41.0 Å². The molecule has 0 fully saturated rings. The molecule has 30 heavy (non-hydrogen) atoms. The maximum atomic E-state index is 5.39. The molecule has 0 spiro atoms. The van der Waals surface area contributed by atoms with E-state index in [9.17, 15) is 0 Å². The summed E-state index contributed by atoms with van der Waals surface area (Å²) in [4.78, 5) is 4.12. The number of hydrazone groups is 1. The van der Waals surface area contributed by atoms with Gasteiger partial charge in [0.15, 0.2) is 5.11 Å². The first-order chi connectivity index (χ1) is 14.8. The van der Waals surface area contributed by atoms with E-state index in [4.69, 9.17) is 12.2 Å². The Bertz CT molecular complexity index is 1110. The monoisotopic (exact) mass is 411 g/mol. The van der Waals surface area contributed by atoms with Crippen molar-refractivity contribution in [1.29, 1.82) is 0 Å². The first-order valence-corrected chi connectivity index (χ1v) is 9.99. The first-order valence-electron chi connectivity index (χ1n) is 9.58. The number of hydrogen-bond acceptors (Lipinski definition) is 3. The molecule has 0 saturated carbocycles. The van der Waals surface area contributed by atoms with Gasteiger partial charge in [-0.2, -0.15) is 5.10 Å². The van der Waals surface area contributed by atoms with Crippen LogP contribution in [-0.4, -0.2) is 20.4 Å². The van der Waals surface area contributed by atoms with Crippen LogP contribution < -0.4 is 10.7 Å². The van der Waals surface area contributed by atoms with Gasteiger partial charge in [0, 0.05) is 18.1 Å². The van der Waals surface area contributed by atoms with Gasteiger partial charge in [-0.15, -0.1) is 0 Å². The molecule has 0 unspecified atom stereocenters. The van der Waals surface area contributed by atoms with Gasteiger partial charge in [-0.25, -0.2) is 4.98 Å². The van der Waals surface area contributed by atoms with E-state index in [1.807, 2.05) is 59.3 Å². The fourth-order valence-electron chi connectivity index (χ4n) is 3.03. The van der Waals surface area contributed by atoms with Crippen molar-refractivity contribution >= 4 is 28.7 Å². The molecule has 0 amide bonds. The van der Waals surface area contributed by atoms with Crippen molar-refractivity contribution in [3.63, 3.8) is 0 Å². The molecule has 0 bridgehead atoms. The van der Waals surface area contributed by atoms with E-state index in [1.54, 1.807) is 12.5 Å². The van der Waals surface area contributed by atoms with Crippen LogP contribution in [0, 0.1) is 0 Å². The van der Waals surface area contributed by atoms with E-state index in [2.05, 4.69) is 57.2 Å². The molecule has 0 saturated heterocycles. The fraction of sp³-hybridized carbons (Fsp3) is 0.0417. The number of imidazole rings is 1. The van der Waals surface area contributed by atoms with Crippen LogP contribution in [0.4, 0.5) is 5.69 Å². The van der Waals surface area contributed by atoms with E-state index in [0.29, 0.717) is 11.7 Å². The summed E-state index contributed by atoms with van der Waals surface area (Å²) in [6.45, 7) is 0.575. The van der Waals surface area contributed by atoms with Crippen LogP contribution in [-0.2, 0) is 6.54 Å². The molecular weight excluding hydrogens is 390 g/mol. The van der Waals surface area contributed by atoms with Crippen molar-refractivity contribution in [3.05, 3.63) is 109 Å². The molecule has 2 N–H and O–H groups in total. The minimum absolute atomic E-state index is 0.435. The lowest BCUT2D eigenvalue weighted by molar-refractivity contribution is 0.839. The average Bonchev–Trinajstić information content (AvgIpc) is 3.31. The van der Waals surface area contributed by atoms with Gasteiger partial charge in [0.05, 0.1) is 18.6 Å². The van der Waals surface area contributed by atoms with Crippen LogP contribution in [0.1, 0.15) is 5.56 Å². The van der Waals surface area contributed by atoms with Gasteiger partial charge in [0.2, 0.25) is 0 Å². The number of nitrogens with one attached hydrogen (secondary N) is 2. The standard InChI is InChI=1S/C24H21N5S/c30-24(26-22-9-5-2-6-10-22)28-27-23(17-29-16-15-25-18-29)21-13-11-20(12-14-21)19-7-3-1-4-8-19/h1-16,18H,17H2,(H2,26,28,30)/b27-23-. The van der Waals surface area contributed by atoms with E-state index >= 15 is 0 Å². The topological polar surface area (TPSA) is 54.2 Å². The van der Waals surface area contributed by atoms with Crippen molar-refractivity contribution in [1.82, 2.24) is 15.0 Å². The summed E-state index contributed by atoms with van der Waals surface area (Å²) in [5.74, 6) is 0. The maximum Gasteiger partial charge on any atom is 0.191 e. The zero-order chi connectivity index (χ0) is 20.6. The number of benzene rings is 3. The zero-order valence-corrected chi connectivity index (χ0v) is 17.1. The number of para-hydroxylation sites is 1. The third-order valence-electron chi connectivity index (χ3n) is 4.54. The average molecular weight is 412 g/mol. The van der Waals surface area contributed by atoms with Gasteiger partial charge in [-0.1, -0.05) is 72.8 Å². The summed E-state index contributed by atoms with van der Waals surface area (Å²) < 4.78 is 1.97. The van der Waals surface area contributed by atoms with Crippen LogP contribution in [0.2, 0.25) is 0 Å². The summed E-state index contributed by atoms with van der Waals surface area (Å²) in [5, 5.41) is 8.15. The summed E-state index contributed by atoms with van der Waals surface area (Å²) >= 11 is 5.39. The van der Waals surface area contributed by atoms with Crippen LogP contribution in [0.15, 0.2) is 109 Å². The molecule has 0 aliphatic heterocycles. The van der Waals surface area contributed by atoms with Crippen molar-refractivity contribution < 1.29 is 0 Å². The molecule has 0 aliphatic carbocycles. The van der Waals surface area contributed by atoms with Gasteiger partial charge < -0.3 is 9.88 Å². The largest absolute Gasteiger partial charge is 0.331 e. The molecule has 0 aliphatic rings. The molecule has 5 nitrogen and oxygen atoms in total. The highest BCUT2D eigenvalue weighted by Gasteiger charge is 2.07. The normalized spacial score (nSPS) is 11.1. The Labute approximate surface area is 181 Å². The van der Waals surface area contributed by atoms with E-state index in [1.165, 1.54) is 5.56 Å². The molecule has 0 atom stereocenters. The molecule has 4 aromatic rings. The van der Waals surface area contributed by atoms with Gasteiger partial charge in [0.1, 0.15) is 0 Å². The van der Waals surface area contributed by atoms with Crippen LogP contribution in [0.3, 0.4) is 0 Å². The zero-order valence-electron chi connectivity index (χ0n) is 16.3. The van der Waals surface area contributed by atoms with E-state index < -0.39 is 0 Å². The quantitative estimate of drug-likeness (QED) is 0.268. The number of rotatable bonds is 6. The van der Waals surface area contributed by atoms with Crippen LogP contribution in [0.5, 0.6) is 0 Å². The molecule has 4 rings (SSSR count). The van der Waals surface area contributed by atoms with Gasteiger partial charge in [-0.3, -0.25) is 5.43 Å². The van der Waals surface area contributed by atoms with Crippen LogP contribution >= 0.6 is 12.2 Å². The number of anilines is 1. The predicted octanol–water partition coefficient (Wildman–Crippen LogP) is 4.94. The minimum atomic E-state index is 0.435. The summed E-state index contributed by atoms with van der Waals surface area (Å²) in [5.41, 5.74) is 8.08.